The van der Waals surface area contributed by atoms with Crippen LogP contribution in [0.25, 0.3) is 0 Å². The molecule has 5 heteroatoms. The van der Waals surface area contributed by atoms with Crippen LogP contribution in [0.1, 0.15) is 17.3 Å². The minimum Gasteiger partial charge on any atom is -0.507 e. The minimum absolute atomic E-state index is 0.211. The third-order valence-corrected chi connectivity index (χ3v) is 2.07. The molecule has 0 aliphatic heterocycles. The zero-order valence-electron chi connectivity index (χ0n) is 8.39. The van der Waals surface area contributed by atoms with Crippen molar-refractivity contribution in [3.63, 3.8) is 0 Å². The molecule has 1 amide bonds. The first-order valence-electron chi connectivity index (χ1n) is 4.24. The first-order valence-corrected chi connectivity index (χ1v) is 4.24. The summed E-state index contributed by atoms with van der Waals surface area (Å²) in [7, 11) is 1.53. The lowest BCUT2D eigenvalue weighted by Crippen LogP contribution is -2.23. The monoisotopic (exact) mass is 209 g/mol. The molecule has 0 unspecified atom stereocenters. The third kappa shape index (κ3) is 2.25. The van der Waals surface area contributed by atoms with Crippen LogP contribution in [0.15, 0.2) is 18.2 Å². The van der Waals surface area contributed by atoms with E-state index in [2.05, 4.69) is 0 Å². The van der Waals surface area contributed by atoms with Gasteiger partial charge in [-0.2, -0.15) is 0 Å². The van der Waals surface area contributed by atoms with Crippen molar-refractivity contribution in [2.24, 2.45) is 0 Å². The van der Waals surface area contributed by atoms with E-state index >= 15 is 0 Å². The summed E-state index contributed by atoms with van der Waals surface area (Å²) in [6, 6.07) is 3.97. The Morgan fingerprint density at radius 1 is 1.33 bits per heavy atom. The number of phenols is 1. The zero-order chi connectivity index (χ0) is 11.6. The smallest absolute Gasteiger partial charge is 0.339 e. The van der Waals surface area contributed by atoms with Gasteiger partial charge in [-0.15, -0.1) is 0 Å². The van der Waals surface area contributed by atoms with Crippen LogP contribution in [0.2, 0.25) is 0 Å². The van der Waals surface area contributed by atoms with E-state index < -0.39 is 5.97 Å². The standard InChI is InChI=1S/C10H11NO4/c1-6(12)11(2)7-3-4-9(13)8(5-7)10(14)15/h3-5,13H,1-2H3,(H,14,15). The topological polar surface area (TPSA) is 77.8 Å². The predicted octanol–water partition coefficient (Wildman–Crippen LogP) is 1.07. The van der Waals surface area contributed by atoms with E-state index in [4.69, 9.17) is 5.11 Å². The lowest BCUT2D eigenvalue weighted by Gasteiger charge is -2.15. The Hall–Kier alpha value is -2.04. The Morgan fingerprint density at radius 2 is 1.93 bits per heavy atom. The van der Waals surface area contributed by atoms with Crippen molar-refractivity contribution in [1.82, 2.24) is 0 Å². The number of hydrogen-bond donors (Lipinski definition) is 2. The van der Waals surface area contributed by atoms with Gasteiger partial charge in [-0.05, 0) is 18.2 Å². The van der Waals surface area contributed by atoms with Crippen LogP contribution in [0.5, 0.6) is 5.75 Å². The van der Waals surface area contributed by atoms with Crippen molar-refractivity contribution in [2.45, 2.75) is 6.92 Å². The second-order valence-corrected chi connectivity index (χ2v) is 3.08. The van der Waals surface area contributed by atoms with Crippen molar-refractivity contribution in [3.8, 4) is 5.75 Å². The molecule has 0 aliphatic carbocycles. The molecule has 2 N–H and O–H groups in total. The van der Waals surface area contributed by atoms with E-state index in [-0.39, 0.29) is 17.2 Å². The van der Waals surface area contributed by atoms with Gasteiger partial charge in [0.1, 0.15) is 11.3 Å². The fourth-order valence-electron chi connectivity index (χ4n) is 1.09. The van der Waals surface area contributed by atoms with Gasteiger partial charge in [0.2, 0.25) is 5.91 Å². The van der Waals surface area contributed by atoms with Gasteiger partial charge in [0.25, 0.3) is 0 Å². The molecule has 0 heterocycles. The first-order chi connectivity index (χ1) is 6.93. The summed E-state index contributed by atoms with van der Waals surface area (Å²) >= 11 is 0. The molecular formula is C10H11NO4. The maximum atomic E-state index is 11.0. The number of carboxylic acids is 1. The van der Waals surface area contributed by atoms with E-state index in [0.29, 0.717) is 5.69 Å². The van der Waals surface area contributed by atoms with Crippen LogP contribution >= 0.6 is 0 Å². The fourth-order valence-corrected chi connectivity index (χ4v) is 1.09. The van der Waals surface area contributed by atoms with Crippen molar-refractivity contribution < 1.29 is 19.8 Å². The molecule has 5 nitrogen and oxygen atoms in total. The summed E-state index contributed by atoms with van der Waals surface area (Å²) in [5, 5.41) is 18.0. The molecular weight excluding hydrogens is 198 g/mol. The lowest BCUT2D eigenvalue weighted by atomic mass is 10.1. The Bertz CT molecular complexity index is 414. The van der Waals surface area contributed by atoms with Gasteiger partial charge in [0.05, 0.1) is 0 Å². The number of rotatable bonds is 2. The highest BCUT2D eigenvalue weighted by Gasteiger charge is 2.13. The van der Waals surface area contributed by atoms with Crippen LogP contribution < -0.4 is 4.90 Å². The van der Waals surface area contributed by atoms with Crippen molar-refractivity contribution in [2.75, 3.05) is 11.9 Å². The molecule has 15 heavy (non-hydrogen) atoms. The minimum atomic E-state index is -1.23. The third-order valence-electron chi connectivity index (χ3n) is 2.07. The van der Waals surface area contributed by atoms with Crippen LogP contribution in [0.3, 0.4) is 0 Å². The van der Waals surface area contributed by atoms with E-state index in [1.807, 2.05) is 0 Å². The highest BCUT2D eigenvalue weighted by atomic mass is 16.4. The number of aromatic carboxylic acids is 1. The maximum Gasteiger partial charge on any atom is 0.339 e. The van der Waals surface area contributed by atoms with Crippen molar-refractivity contribution >= 4 is 17.6 Å². The van der Waals surface area contributed by atoms with Gasteiger partial charge >= 0.3 is 5.97 Å². The van der Waals surface area contributed by atoms with Crippen LogP contribution in [-0.4, -0.2) is 29.1 Å². The van der Waals surface area contributed by atoms with Crippen LogP contribution in [-0.2, 0) is 4.79 Å². The molecule has 0 aliphatic rings. The molecule has 80 valence electrons. The normalized spacial score (nSPS) is 9.73. The van der Waals surface area contributed by atoms with Crippen LogP contribution in [0.4, 0.5) is 5.69 Å². The summed E-state index contributed by atoms with van der Waals surface area (Å²) in [6.07, 6.45) is 0. The summed E-state index contributed by atoms with van der Waals surface area (Å²) < 4.78 is 0. The van der Waals surface area contributed by atoms with E-state index in [1.54, 1.807) is 0 Å². The highest BCUT2D eigenvalue weighted by Crippen LogP contribution is 2.23. The number of carbonyl (C=O) groups excluding carboxylic acids is 1. The van der Waals surface area contributed by atoms with Crippen LogP contribution in [0, 0.1) is 0 Å². The number of nitrogens with zero attached hydrogens (tertiary/aromatic N) is 1. The number of carboxylic acid groups (broad SMARTS) is 1. The lowest BCUT2D eigenvalue weighted by molar-refractivity contribution is -0.116. The predicted molar refractivity (Wildman–Crippen MR) is 54.2 cm³/mol. The Labute approximate surface area is 86.6 Å². The van der Waals surface area contributed by atoms with Gasteiger partial charge in [0.15, 0.2) is 0 Å². The van der Waals surface area contributed by atoms with Gasteiger partial charge < -0.3 is 15.1 Å². The number of aromatic hydroxyl groups is 1. The second-order valence-electron chi connectivity index (χ2n) is 3.08. The SMILES string of the molecule is CC(=O)N(C)c1ccc(O)c(C(=O)O)c1. The summed E-state index contributed by atoms with van der Waals surface area (Å²) in [6.45, 7) is 1.37. The Balaban J connectivity index is 3.18. The number of hydrogen-bond acceptors (Lipinski definition) is 3. The molecule has 0 aromatic heterocycles. The molecule has 0 saturated heterocycles. The molecule has 0 spiro atoms. The second kappa shape index (κ2) is 4.00. The fraction of sp³-hybridized carbons (Fsp3) is 0.200. The maximum absolute atomic E-state index is 11.0. The highest BCUT2D eigenvalue weighted by molar-refractivity contribution is 5.95. The van der Waals surface area contributed by atoms with E-state index in [9.17, 15) is 14.7 Å². The number of amides is 1. The average Bonchev–Trinajstić information content (AvgIpc) is 2.16. The number of benzene rings is 1. The van der Waals surface area contributed by atoms with E-state index in [0.717, 1.165) is 0 Å². The Morgan fingerprint density at radius 3 is 2.40 bits per heavy atom. The number of carbonyl (C=O) groups is 2. The van der Waals surface area contributed by atoms with Crippen molar-refractivity contribution in [1.29, 1.82) is 0 Å². The molecule has 0 atom stereocenters. The quantitative estimate of drug-likeness (QED) is 0.763. The van der Waals surface area contributed by atoms with Gasteiger partial charge in [0, 0.05) is 19.7 Å². The Kier molecular flexibility index (Phi) is 2.94. The largest absolute Gasteiger partial charge is 0.507 e. The molecule has 0 fully saturated rings. The van der Waals surface area contributed by atoms with Gasteiger partial charge in [-0.1, -0.05) is 0 Å². The summed E-state index contributed by atoms with van der Waals surface area (Å²) in [4.78, 5) is 23.0. The summed E-state index contributed by atoms with van der Waals surface area (Å²) in [5.41, 5.74) is 0.207. The number of anilines is 1. The first kappa shape index (κ1) is 11.0. The molecule has 1 aromatic carbocycles. The van der Waals surface area contributed by atoms with E-state index in [1.165, 1.54) is 37.1 Å². The van der Waals surface area contributed by atoms with Crippen molar-refractivity contribution in [3.05, 3.63) is 23.8 Å². The molecule has 1 aromatic rings. The summed E-state index contributed by atoms with van der Waals surface area (Å²) in [5.74, 6) is -1.76. The molecule has 1 rings (SSSR count). The zero-order valence-corrected chi connectivity index (χ0v) is 8.39. The van der Waals surface area contributed by atoms with Gasteiger partial charge in [-0.25, -0.2) is 4.79 Å². The van der Waals surface area contributed by atoms with Gasteiger partial charge in [-0.3, -0.25) is 4.79 Å². The molecule has 0 saturated carbocycles. The average molecular weight is 209 g/mol. The molecule has 0 bridgehead atoms. The molecule has 0 radical (unpaired) electrons.